The Hall–Kier alpha value is -2.01. The van der Waals surface area contributed by atoms with Gasteiger partial charge in [-0.1, -0.05) is 24.3 Å². The van der Waals surface area contributed by atoms with E-state index in [0.717, 1.165) is 5.56 Å². The minimum absolute atomic E-state index is 0. The van der Waals surface area contributed by atoms with Gasteiger partial charge in [-0.3, -0.25) is 4.99 Å². The van der Waals surface area contributed by atoms with Crippen LogP contribution in [0.4, 0.5) is 13.2 Å². The highest BCUT2D eigenvalue weighted by Gasteiger charge is 2.09. The lowest BCUT2D eigenvalue weighted by Crippen LogP contribution is -2.38. The molecule has 160 valence electrons. The summed E-state index contributed by atoms with van der Waals surface area (Å²) in [5.41, 5.74) is 1.54. The fraction of sp³-hybridized carbons (Fsp3) is 0.350. The monoisotopic (exact) mass is 523 g/mol. The lowest BCUT2D eigenvalue weighted by molar-refractivity contribution is -0.0498. The summed E-state index contributed by atoms with van der Waals surface area (Å²) in [6.07, 6.45) is -0.188. The van der Waals surface area contributed by atoms with Crippen LogP contribution in [-0.4, -0.2) is 37.3 Å². The largest absolute Gasteiger partial charge is 0.435 e. The second-order valence-electron chi connectivity index (χ2n) is 5.99. The van der Waals surface area contributed by atoms with Gasteiger partial charge in [0.1, 0.15) is 11.6 Å². The summed E-state index contributed by atoms with van der Waals surface area (Å²) in [7, 11) is 0. The molecule has 0 aliphatic carbocycles. The molecule has 1 unspecified atom stereocenters. The third-order valence-corrected chi connectivity index (χ3v) is 3.88. The summed E-state index contributed by atoms with van der Waals surface area (Å²) in [5.74, 6) is 0.306. The molecule has 3 N–H and O–H groups in total. The Balaban J connectivity index is 0.00000420. The third-order valence-electron chi connectivity index (χ3n) is 3.88. The van der Waals surface area contributed by atoms with E-state index < -0.39 is 12.7 Å². The third kappa shape index (κ3) is 9.35. The maximum Gasteiger partial charge on any atom is 0.387 e. The molecule has 0 aliphatic heterocycles. The zero-order valence-corrected chi connectivity index (χ0v) is 18.3. The molecule has 0 bridgehead atoms. The Morgan fingerprint density at radius 2 is 1.72 bits per heavy atom. The Kier molecular flexibility index (Phi) is 11.4. The van der Waals surface area contributed by atoms with Crippen LogP contribution in [0.1, 0.15) is 24.2 Å². The molecule has 2 rings (SSSR count). The molecule has 9 heteroatoms. The fourth-order valence-corrected chi connectivity index (χ4v) is 2.47. The topological polar surface area (TPSA) is 65.9 Å². The predicted molar refractivity (Wildman–Crippen MR) is 118 cm³/mol. The lowest BCUT2D eigenvalue weighted by Gasteiger charge is -2.14. The van der Waals surface area contributed by atoms with Gasteiger partial charge in [0.05, 0.1) is 12.6 Å². The van der Waals surface area contributed by atoms with E-state index in [1.165, 1.54) is 36.4 Å². The van der Waals surface area contributed by atoms with Crippen molar-refractivity contribution in [3.63, 3.8) is 0 Å². The van der Waals surface area contributed by atoms with Crippen molar-refractivity contribution in [1.82, 2.24) is 10.6 Å². The van der Waals surface area contributed by atoms with Crippen LogP contribution in [0.2, 0.25) is 0 Å². The molecule has 0 amide bonds. The van der Waals surface area contributed by atoms with E-state index in [1.54, 1.807) is 12.1 Å². The van der Waals surface area contributed by atoms with Crippen molar-refractivity contribution in [3.8, 4) is 5.75 Å². The number of aliphatic hydroxyl groups excluding tert-OH is 1. The van der Waals surface area contributed by atoms with Crippen molar-refractivity contribution >= 4 is 29.9 Å². The normalized spacial score (nSPS) is 12.3. The number of aliphatic hydroxyl groups is 1. The van der Waals surface area contributed by atoms with Gasteiger partial charge in [-0.25, -0.2) is 4.39 Å². The molecule has 0 saturated heterocycles. The highest BCUT2D eigenvalue weighted by Crippen LogP contribution is 2.19. The molecule has 0 aliphatic rings. The Morgan fingerprint density at radius 3 is 2.31 bits per heavy atom. The summed E-state index contributed by atoms with van der Waals surface area (Å²) >= 11 is 0. The van der Waals surface area contributed by atoms with E-state index in [1.807, 2.05) is 6.92 Å². The van der Waals surface area contributed by atoms with Gasteiger partial charge >= 0.3 is 6.61 Å². The number of alkyl halides is 2. The second kappa shape index (κ2) is 13.3. The van der Waals surface area contributed by atoms with Crippen LogP contribution in [0.5, 0.6) is 5.75 Å². The van der Waals surface area contributed by atoms with Gasteiger partial charge in [0.25, 0.3) is 0 Å². The first-order valence-corrected chi connectivity index (χ1v) is 8.97. The highest BCUT2D eigenvalue weighted by molar-refractivity contribution is 14.0. The van der Waals surface area contributed by atoms with E-state index in [-0.39, 0.29) is 42.1 Å². The minimum Gasteiger partial charge on any atom is -0.435 e. The van der Waals surface area contributed by atoms with Gasteiger partial charge in [-0.2, -0.15) is 8.78 Å². The number of hydrogen-bond acceptors (Lipinski definition) is 3. The van der Waals surface area contributed by atoms with E-state index in [0.29, 0.717) is 31.0 Å². The molecular weight excluding hydrogens is 498 g/mol. The molecular formula is C20H25F3IN3O2. The number of nitrogens with one attached hydrogen (secondary N) is 2. The van der Waals surface area contributed by atoms with Crippen molar-refractivity contribution < 1.29 is 23.0 Å². The van der Waals surface area contributed by atoms with Crippen LogP contribution in [0.25, 0.3) is 0 Å². The maximum atomic E-state index is 12.9. The molecule has 0 fully saturated rings. The number of hydrogen-bond donors (Lipinski definition) is 3. The first kappa shape index (κ1) is 25.0. The van der Waals surface area contributed by atoms with E-state index in [2.05, 4.69) is 20.4 Å². The van der Waals surface area contributed by atoms with Crippen LogP contribution in [0.15, 0.2) is 53.5 Å². The summed E-state index contributed by atoms with van der Waals surface area (Å²) in [6, 6.07) is 12.1. The molecule has 5 nitrogen and oxygen atoms in total. The number of nitrogens with zero attached hydrogens (tertiary/aromatic N) is 1. The molecule has 29 heavy (non-hydrogen) atoms. The van der Waals surface area contributed by atoms with Crippen LogP contribution in [0.3, 0.4) is 0 Å². The van der Waals surface area contributed by atoms with Gasteiger partial charge in [-0.15, -0.1) is 24.0 Å². The Labute approximate surface area is 185 Å². The Morgan fingerprint density at radius 1 is 1.07 bits per heavy atom. The highest BCUT2D eigenvalue weighted by atomic mass is 127. The molecule has 2 aromatic carbocycles. The smallest absolute Gasteiger partial charge is 0.387 e. The standard InChI is InChI=1S/C20H24F3N3O2.HI/c1-2-24-20(25-12-11-14-3-7-16(21)8-4-14)26-13-18(27)15-5-9-17(10-6-15)28-19(22)23;/h3-10,18-19,27H,2,11-13H2,1H3,(H2,24,25,26);1H. The molecule has 0 aromatic heterocycles. The van der Waals surface area contributed by atoms with Crippen LogP contribution in [0, 0.1) is 5.82 Å². The molecule has 0 heterocycles. The molecule has 0 saturated carbocycles. The van der Waals surface area contributed by atoms with Crippen molar-refractivity contribution in [2.75, 3.05) is 19.6 Å². The molecule has 2 aromatic rings. The average molecular weight is 523 g/mol. The van der Waals surface area contributed by atoms with Gasteiger partial charge in [-0.05, 0) is 48.7 Å². The first-order chi connectivity index (χ1) is 13.5. The van der Waals surface area contributed by atoms with Crippen molar-refractivity contribution in [1.29, 1.82) is 0 Å². The van der Waals surface area contributed by atoms with E-state index in [4.69, 9.17) is 0 Å². The number of aliphatic imine (C=N–C) groups is 1. The molecule has 0 radical (unpaired) electrons. The predicted octanol–water partition coefficient (Wildman–Crippen LogP) is 3.88. The maximum absolute atomic E-state index is 12.9. The van der Waals surface area contributed by atoms with Crippen LogP contribution >= 0.6 is 24.0 Å². The van der Waals surface area contributed by atoms with Gasteiger partial charge < -0.3 is 20.5 Å². The van der Waals surface area contributed by atoms with Crippen LogP contribution in [-0.2, 0) is 6.42 Å². The number of halogens is 4. The summed E-state index contributed by atoms with van der Waals surface area (Å²) < 4.78 is 41.5. The molecule has 1 atom stereocenters. The quantitative estimate of drug-likeness (QED) is 0.265. The molecule has 0 spiro atoms. The van der Waals surface area contributed by atoms with Gasteiger partial charge in [0.15, 0.2) is 5.96 Å². The van der Waals surface area contributed by atoms with Gasteiger partial charge in [0.2, 0.25) is 0 Å². The minimum atomic E-state index is -2.89. The van der Waals surface area contributed by atoms with Crippen LogP contribution < -0.4 is 15.4 Å². The number of benzene rings is 2. The summed E-state index contributed by atoms with van der Waals surface area (Å²) in [4.78, 5) is 4.34. The summed E-state index contributed by atoms with van der Waals surface area (Å²) in [5, 5.41) is 16.5. The first-order valence-electron chi connectivity index (χ1n) is 8.97. The zero-order valence-electron chi connectivity index (χ0n) is 15.9. The lowest BCUT2D eigenvalue weighted by atomic mass is 10.1. The SMILES string of the molecule is CCNC(=NCC(O)c1ccc(OC(F)F)cc1)NCCc1ccc(F)cc1.I. The van der Waals surface area contributed by atoms with E-state index in [9.17, 15) is 18.3 Å². The van der Waals surface area contributed by atoms with Crippen molar-refractivity contribution in [3.05, 3.63) is 65.5 Å². The fourth-order valence-electron chi connectivity index (χ4n) is 2.47. The van der Waals surface area contributed by atoms with Crippen molar-refractivity contribution in [2.24, 2.45) is 4.99 Å². The van der Waals surface area contributed by atoms with Gasteiger partial charge in [0, 0.05) is 13.1 Å². The summed E-state index contributed by atoms with van der Waals surface area (Å²) in [6.45, 7) is 0.380. The second-order valence-corrected chi connectivity index (χ2v) is 5.99. The van der Waals surface area contributed by atoms with E-state index >= 15 is 0 Å². The number of rotatable bonds is 9. The average Bonchev–Trinajstić information content (AvgIpc) is 2.67. The zero-order chi connectivity index (χ0) is 20.4. The Bertz CT molecular complexity index is 744. The number of guanidine groups is 1. The van der Waals surface area contributed by atoms with Crippen molar-refractivity contribution in [2.45, 2.75) is 26.1 Å². The number of ether oxygens (including phenoxy) is 1.